The van der Waals surface area contributed by atoms with E-state index in [9.17, 15) is 4.79 Å². The SMILES string of the molecule is Cc1ccc(-c2ccc(C(=O)Nc3ccc4oc(-c5cccc6c(Br)cccc56)nc4c3)o2)cc1C. The highest BCUT2D eigenvalue weighted by Crippen LogP contribution is 2.34. The Labute approximate surface area is 215 Å². The van der Waals surface area contributed by atoms with E-state index >= 15 is 0 Å². The quantitative estimate of drug-likeness (QED) is 0.245. The molecule has 6 aromatic rings. The minimum absolute atomic E-state index is 0.241. The second-order valence-corrected chi connectivity index (χ2v) is 9.61. The number of aromatic nitrogens is 1. The predicted octanol–water partition coefficient (Wildman–Crippen LogP) is 8.54. The number of hydrogen-bond acceptors (Lipinski definition) is 4. The van der Waals surface area contributed by atoms with Crippen LogP contribution in [0.5, 0.6) is 0 Å². The van der Waals surface area contributed by atoms with E-state index < -0.39 is 0 Å². The molecule has 1 N–H and O–H groups in total. The molecule has 0 aliphatic heterocycles. The molecule has 2 aromatic heterocycles. The van der Waals surface area contributed by atoms with Crippen LogP contribution < -0.4 is 5.32 Å². The minimum Gasteiger partial charge on any atom is -0.451 e. The van der Waals surface area contributed by atoms with E-state index in [2.05, 4.69) is 47.2 Å². The van der Waals surface area contributed by atoms with Gasteiger partial charge in [-0.15, -0.1) is 0 Å². The average Bonchev–Trinajstić information content (AvgIpc) is 3.53. The Morgan fingerprint density at radius 1 is 0.833 bits per heavy atom. The molecule has 5 nitrogen and oxygen atoms in total. The van der Waals surface area contributed by atoms with Gasteiger partial charge in [-0.1, -0.05) is 52.3 Å². The van der Waals surface area contributed by atoms with Crippen molar-refractivity contribution < 1.29 is 13.6 Å². The number of amides is 1. The van der Waals surface area contributed by atoms with E-state index in [1.165, 1.54) is 11.1 Å². The molecule has 0 radical (unpaired) electrons. The molecule has 2 heterocycles. The monoisotopic (exact) mass is 536 g/mol. The molecule has 0 aliphatic rings. The van der Waals surface area contributed by atoms with Gasteiger partial charge in [-0.3, -0.25) is 4.79 Å². The molecule has 0 fully saturated rings. The highest BCUT2D eigenvalue weighted by Gasteiger charge is 2.16. The molecule has 1 amide bonds. The smallest absolute Gasteiger partial charge is 0.291 e. The lowest BCUT2D eigenvalue weighted by Gasteiger charge is -2.04. The second-order valence-electron chi connectivity index (χ2n) is 8.76. The summed E-state index contributed by atoms with van der Waals surface area (Å²) in [6.45, 7) is 4.12. The van der Waals surface area contributed by atoms with Crippen LogP contribution in [0.3, 0.4) is 0 Å². The van der Waals surface area contributed by atoms with E-state index in [1.54, 1.807) is 18.2 Å². The number of benzene rings is 4. The maximum absolute atomic E-state index is 12.9. The number of hydrogen-bond donors (Lipinski definition) is 1. The van der Waals surface area contributed by atoms with Crippen LogP contribution in [-0.4, -0.2) is 10.9 Å². The van der Waals surface area contributed by atoms with Crippen molar-refractivity contribution in [2.75, 3.05) is 5.32 Å². The Balaban J connectivity index is 1.27. The fourth-order valence-corrected chi connectivity index (χ4v) is 4.78. The van der Waals surface area contributed by atoms with E-state index in [-0.39, 0.29) is 11.7 Å². The van der Waals surface area contributed by atoms with E-state index in [0.717, 1.165) is 26.4 Å². The van der Waals surface area contributed by atoms with Crippen molar-refractivity contribution >= 4 is 49.4 Å². The van der Waals surface area contributed by atoms with Crippen LogP contribution in [0.1, 0.15) is 21.7 Å². The zero-order chi connectivity index (χ0) is 24.8. The van der Waals surface area contributed by atoms with Gasteiger partial charge in [-0.25, -0.2) is 4.98 Å². The lowest BCUT2D eigenvalue weighted by Crippen LogP contribution is -2.10. The van der Waals surface area contributed by atoms with Gasteiger partial charge in [0.2, 0.25) is 5.89 Å². The second kappa shape index (κ2) is 8.81. The van der Waals surface area contributed by atoms with E-state index in [0.29, 0.717) is 28.4 Å². The highest BCUT2D eigenvalue weighted by atomic mass is 79.9. The van der Waals surface area contributed by atoms with Crippen molar-refractivity contribution in [1.29, 1.82) is 0 Å². The molecule has 0 unspecified atom stereocenters. The molecular weight excluding hydrogens is 516 g/mol. The number of anilines is 1. The lowest BCUT2D eigenvalue weighted by atomic mass is 10.0. The van der Waals surface area contributed by atoms with Crippen molar-refractivity contribution in [3.8, 4) is 22.8 Å². The number of carbonyl (C=O) groups excluding carboxylic acids is 1. The third kappa shape index (κ3) is 3.99. The number of nitrogens with one attached hydrogen (secondary N) is 1. The maximum Gasteiger partial charge on any atom is 0.291 e. The lowest BCUT2D eigenvalue weighted by molar-refractivity contribution is 0.0997. The van der Waals surface area contributed by atoms with Crippen LogP contribution in [0.25, 0.3) is 44.7 Å². The Hall–Kier alpha value is -4.16. The summed E-state index contributed by atoms with van der Waals surface area (Å²) in [5.41, 5.74) is 6.14. The summed E-state index contributed by atoms with van der Waals surface area (Å²) in [5.74, 6) is 1.10. The Kier molecular flexibility index (Phi) is 5.46. The number of aryl methyl sites for hydroxylation is 2. The van der Waals surface area contributed by atoms with E-state index in [4.69, 9.17) is 13.8 Å². The standard InChI is InChI=1S/C30H21BrN2O3/c1-17-9-10-19(15-18(17)2)26-13-14-28(35-26)29(34)32-20-11-12-27-25(16-20)33-30(36-27)23-7-3-6-22-21(23)5-4-8-24(22)31/h3-16H,1-2H3,(H,32,34). The molecule has 6 rings (SSSR count). The van der Waals surface area contributed by atoms with Gasteiger partial charge >= 0.3 is 0 Å². The topological polar surface area (TPSA) is 68.3 Å². The van der Waals surface area contributed by atoms with Crippen LogP contribution in [0.2, 0.25) is 0 Å². The fourth-order valence-electron chi connectivity index (χ4n) is 4.28. The zero-order valence-corrected chi connectivity index (χ0v) is 21.2. The first-order chi connectivity index (χ1) is 17.5. The van der Waals surface area contributed by atoms with Crippen molar-refractivity contribution in [3.05, 3.63) is 106 Å². The molecule has 0 saturated heterocycles. The molecule has 0 saturated carbocycles. The molecule has 0 spiro atoms. The maximum atomic E-state index is 12.9. The Morgan fingerprint density at radius 2 is 1.67 bits per heavy atom. The van der Waals surface area contributed by atoms with Crippen LogP contribution in [0, 0.1) is 13.8 Å². The Morgan fingerprint density at radius 3 is 2.53 bits per heavy atom. The van der Waals surface area contributed by atoms with Gasteiger partial charge in [-0.05, 0) is 84.3 Å². The van der Waals surface area contributed by atoms with Gasteiger partial charge in [-0.2, -0.15) is 0 Å². The molecule has 0 atom stereocenters. The number of carbonyl (C=O) groups is 1. The summed E-state index contributed by atoms with van der Waals surface area (Å²) in [6.07, 6.45) is 0. The van der Waals surface area contributed by atoms with Gasteiger partial charge in [0.25, 0.3) is 5.91 Å². The number of furan rings is 1. The van der Waals surface area contributed by atoms with Gasteiger partial charge in [0.1, 0.15) is 11.3 Å². The largest absolute Gasteiger partial charge is 0.451 e. The van der Waals surface area contributed by atoms with Crippen molar-refractivity contribution in [3.63, 3.8) is 0 Å². The summed E-state index contributed by atoms with van der Waals surface area (Å²) in [7, 11) is 0. The van der Waals surface area contributed by atoms with Crippen LogP contribution >= 0.6 is 15.9 Å². The Bertz CT molecular complexity index is 1780. The molecule has 0 aliphatic carbocycles. The number of nitrogens with zero attached hydrogens (tertiary/aromatic N) is 1. The molecule has 176 valence electrons. The van der Waals surface area contributed by atoms with Gasteiger partial charge in [0.15, 0.2) is 11.3 Å². The summed E-state index contributed by atoms with van der Waals surface area (Å²) < 4.78 is 12.9. The van der Waals surface area contributed by atoms with Gasteiger partial charge in [0, 0.05) is 21.3 Å². The summed E-state index contributed by atoms with van der Waals surface area (Å²) in [4.78, 5) is 17.6. The molecule has 4 aromatic carbocycles. The normalized spacial score (nSPS) is 11.3. The van der Waals surface area contributed by atoms with Crippen LogP contribution in [0.15, 0.2) is 98.2 Å². The molecular formula is C30H21BrN2O3. The van der Waals surface area contributed by atoms with E-state index in [1.807, 2.05) is 54.6 Å². The van der Waals surface area contributed by atoms with Crippen LogP contribution in [0.4, 0.5) is 5.69 Å². The number of halogens is 1. The minimum atomic E-state index is -0.327. The fraction of sp³-hybridized carbons (Fsp3) is 0.0667. The number of oxazole rings is 1. The van der Waals surface area contributed by atoms with Gasteiger partial charge in [0.05, 0.1) is 0 Å². The predicted molar refractivity (Wildman–Crippen MR) is 146 cm³/mol. The number of rotatable bonds is 4. The number of fused-ring (bicyclic) bond motifs is 2. The average molecular weight is 537 g/mol. The van der Waals surface area contributed by atoms with Crippen LogP contribution in [-0.2, 0) is 0 Å². The molecule has 0 bridgehead atoms. The molecule has 6 heteroatoms. The van der Waals surface area contributed by atoms with Crippen molar-refractivity contribution in [2.45, 2.75) is 13.8 Å². The van der Waals surface area contributed by atoms with Gasteiger partial charge < -0.3 is 14.2 Å². The summed E-state index contributed by atoms with van der Waals surface area (Å²) in [5, 5.41) is 5.03. The third-order valence-corrected chi connectivity index (χ3v) is 7.06. The zero-order valence-electron chi connectivity index (χ0n) is 19.6. The summed E-state index contributed by atoms with van der Waals surface area (Å²) in [6, 6.07) is 27.1. The third-order valence-electron chi connectivity index (χ3n) is 6.37. The highest BCUT2D eigenvalue weighted by molar-refractivity contribution is 9.10. The summed E-state index contributed by atoms with van der Waals surface area (Å²) >= 11 is 3.61. The molecule has 36 heavy (non-hydrogen) atoms. The van der Waals surface area contributed by atoms with Crippen molar-refractivity contribution in [1.82, 2.24) is 4.98 Å². The first-order valence-corrected chi connectivity index (χ1v) is 12.3. The first kappa shape index (κ1) is 22.3. The van der Waals surface area contributed by atoms with Crippen molar-refractivity contribution in [2.24, 2.45) is 0 Å². The first-order valence-electron chi connectivity index (χ1n) is 11.5.